The molecule has 1 aliphatic rings. The largest absolute Gasteiger partial charge is 0.424 e. The number of aromatic nitrogens is 2. The minimum absolute atomic E-state index is 0.137. The van der Waals surface area contributed by atoms with Gasteiger partial charge in [-0.2, -0.15) is 0 Å². The van der Waals surface area contributed by atoms with Crippen LogP contribution in [0.1, 0.15) is 0 Å². The first-order chi connectivity index (χ1) is 12.2. The Bertz CT molecular complexity index is 876. The molecule has 0 aliphatic carbocycles. The van der Waals surface area contributed by atoms with Gasteiger partial charge in [0.1, 0.15) is 5.75 Å². The van der Waals surface area contributed by atoms with Crippen LogP contribution < -0.4 is 9.64 Å². The van der Waals surface area contributed by atoms with Crippen LogP contribution in [0.2, 0.25) is 0 Å². The summed E-state index contributed by atoms with van der Waals surface area (Å²) in [5, 5.41) is 2.29. The van der Waals surface area contributed by atoms with Crippen LogP contribution in [0.15, 0.2) is 48.8 Å². The molecule has 0 spiro atoms. The Labute approximate surface area is 145 Å². The van der Waals surface area contributed by atoms with Crippen molar-refractivity contribution in [3.63, 3.8) is 0 Å². The van der Waals surface area contributed by atoms with E-state index in [-0.39, 0.29) is 6.01 Å². The number of rotatable bonds is 3. The molecule has 3 aromatic rings. The van der Waals surface area contributed by atoms with Crippen molar-refractivity contribution < 1.29 is 9.13 Å². The molecule has 1 fully saturated rings. The molecule has 0 unspecified atom stereocenters. The quantitative estimate of drug-likeness (QED) is 0.733. The van der Waals surface area contributed by atoms with Crippen LogP contribution in [0.4, 0.5) is 10.1 Å². The minimum Gasteiger partial charge on any atom is -0.424 e. The summed E-state index contributed by atoms with van der Waals surface area (Å²) in [6, 6.07) is 12.3. The number of fused-ring (bicyclic) bond motifs is 1. The number of anilines is 1. The number of likely N-dealkylation sites (N-methyl/N-ethyl adjacent to an activating group) is 1. The van der Waals surface area contributed by atoms with Crippen LogP contribution in [0, 0.1) is 5.82 Å². The third-order valence-electron chi connectivity index (χ3n) is 4.48. The molecule has 25 heavy (non-hydrogen) atoms. The van der Waals surface area contributed by atoms with Crippen LogP contribution >= 0.6 is 0 Å². The summed E-state index contributed by atoms with van der Waals surface area (Å²) in [6.07, 6.45) is 2.19. The van der Waals surface area contributed by atoms with E-state index in [0.717, 1.165) is 49.3 Å². The lowest BCUT2D eigenvalue weighted by atomic mass is 10.1. The summed E-state index contributed by atoms with van der Waals surface area (Å²) in [5.41, 5.74) is 1.20. The SMILES string of the molecule is CN1CCN(c2cccc3ccc(Oc4ncc(F)cn4)cc23)CC1. The first-order valence-electron chi connectivity index (χ1n) is 8.31. The van der Waals surface area contributed by atoms with E-state index in [0.29, 0.717) is 5.75 Å². The Kier molecular flexibility index (Phi) is 4.19. The molecule has 1 aliphatic heterocycles. The van der Waals surface area contributed by atoms with Gasteiger partial charge in [-0.25, -0.2) is 14.4 Å². The molecule has 128 valence electrons. The van der Waals surface area contributed by atoms with Gasteiger partial charge >= 0.3 is 6.01 Å². The van der Waals surface area contributed by atoms with E-state index in [2.05, 4.69) is 45.0 Å². The highest BCUT2D eigenvalue weighted by atomic mass is 19.1. The zero-order valence-electron chi connectivity index (χ0n) is 14.0. The van der Waals surface area contributed by atoms with Crippen molar-refractivity contribution in [2.45, 2.75) is 0 Å². The molecular formula is C19H19FN4O. The van der Waals surface area contributed by atoms with Gasteiger partial charge in [0.15, 0.2) is 5.82 Å². The third kappa shape index (κ3) is 3.39. The van der Waals surface area contributed by atoms with Crippen LogP contribution in [-0.2, 0) is 0 Å². The van der Waals surface area contributed by atoms with Gasteiger partial charge in [-0.3, -0.25) is 0 Å². The van der Waals surface area contributed by atoms with E-state index >= 15 is 0 Å². The second-order valence-electron chi connectivity index (χ2n) is 6.24. The van der Waals surface area contributed by atoms with Crippen molar-refractivity contribution in [1.29, 1.82) is 0 Å². The standard InChI is InChI=1S/C19H19FN4O/c1-23-7-9-24(10-8-23)18-4-2-3-14-5-6-16(11-17(14)18)25-19-21-12-15(20)13-22-19/h2-6,11-13H,7-10H2,1H3. The van der Waals surface area contributed by atoms with Crippen molar-refractivity contribution in [1.82, 2.24) is 14.9 Å². The summed E-state index contributed by atoms with van der Waals surface area (Å²) >= 11 is 0. The number of piperazine rings is 1. The molecule has 0 radical (unpaired) electrons. The zero-order chi connectivity index (χ0) is 17.2. The van der Waals surface area contributed by atoms with Gasteiger partial charge in [-0.15, -0.1) is 0 Å². The summed E-state index contributed by atoms with van der Waals surface area (Å²) in [4.78, 5) is 12.4. The lowest BCUT2D eigenvalue weighted by Crippen LogP contribution is -2.44. The molecule has 0 amide bonds. The summed E-state index contributed by atoms with van der Waals surface area (Å²) in [5.74, 6) is 0.156. The Hall–Kier alpha value is -2.73. The zero-order valence-corrected chi connectivity index (χ0v) is 14.0. The van der Waals surface area contributed by atoms with E-state index in [4.69, 9.17) is 4.74 Å². The van der Waals surface area contributed by atoms with Crippen molar-refractivity contribution >= 4 is 16.5 Å². The van der Waals surface area contributed by atoms with Gasteiger partial charge in [0, 0.05) is 37.3 Å². The average Bonchev–Trinajstić information content (AvgIpc) is 2.64. The molecule has 4 rings (SSSR count). The van der Waals surface area contributed by atoms with Crippen LogP contribution in [0.3, 0.4) is 0 Å². The fraction of sp³-hybridized carbons (Fsp3) is 0.263. The van der Waals surface area contributed by atoms with Gasteiger partial charge in [0.25, 0.3) is 0 Å². The molecule has 1 saturated heterocycles. The number of nitrogens with zero attached hydrogens (tertiary/aromatic N) is 4. The van der Waals surface area contributed by atoms with Gasteiger partial charge in [0.2, 0.25) is 0 Å². The van der Waals surface area contributed by atoms with Crippen molar-refractivity contribution in [2.75, 3.05) is 38.1 Å². The van der Waals surface area contributed by atoms with Gasteiger partial charge < -0.3 is 14.5 Å². The number of ether oxygens (including phenoxy) is 1. The molecule has 5 nitrogen and oxygen atoms in total. The topological polar surface area (TPSA) is 41.5 Å². The molecule has 6 heteroatoms. The number of halogens is 1. The van der Waals surface area contributed by atoms with Gasteiger partial charge in [0.05, 0.1) is 12.4 Å². The predicted molar refractivity (Wildman–Crippen MR) is 95.7 cm³/mol. The Balaban J connectivity index is 1.66. The highest BCUT2D eigenvalue weighted by Gasteiger charge is 2.16. The lowest BCUT2D eigenvalue weighted by molar-refractivity contribution is 0.313. The van der Waals surface area contributed by atoms with Crippen molar-refractivity contribution in [3.05, 3.63) is 54.6 Å². The second-order valence-corrected chi connectivity index (χ2v) is 6.24. The monoisotopic (exact) mass is 338 g/mol. The van der Waals surface area contributed by atoms with Crippen LogP contribution in [-0.4, -0.2) is 48.1 Å². The molecule has 1 aromatic heterocycles. The molecule has 2 heterocycles. The van der Waals surface area contributed by atoms with E-state index in [9.17, 15) is 4.39 Å². The molecule has 0 saturated carbocycles. The number of benzene rings is 2. The van der Waals surface area contributed by atoms with Crippen LogP contribution in [0.5, 0.6) is 11.8 Å². The van der Waals surface area contributed by atoms with Crippen LogP contribution in [0.25, 0.3) is 10.8 Å². The number of hydrogen-bond donors (Lipinski definition) is 0. The highest BCUT2D eigenvalue weighted by Crippen LogP contribution is 2.31. The maximum atomic E-state index is 12.9. The van der Waals surface area contributed by atoms with E-state index in [1.165, 1.54) is 5.69 Å². The minimum atomic E-state index is -0.483. The number of hydrogen-bond acceptors (Lipinski definition) is 5. The van der Waals surface area contributed by atoms with Gasteiger partial charge in [-0.05, 0) is 30.6 Å². The Morgan fingerprint density at radius 3 is 2.52 bits per heavy atom. The predicted octanol–water partition coefficient (Wildman–Crippen LogP) is 3.31. The second kappa shape index (κ2) is 6.64. The molecular weight excluding hydrogens is 319 g/mol. The normalized spacial score (nSPS) is 15.5. The lowest BCUT2D eigenvalue weighted by Gasteiger charge is -2.34. The first kappa shape index (κ1) is 15.8. The average molecular weight is 338 g/mol. The molecule has 0 bridgehead atoms. The first-order valence-corrected chi connectivity index (χ1v) is 8.31. The molecule has 2 aromatic carbocycles. The fourth-order valence-corrected chi connectivity index (χ4v) is 3.08. The third-order valence-corrected chi connectivity index (χ3v) is 4.48. The fourth-order valence-electron chi connectivity index (χ4n) is 3.08. The van der Waals surface area contributed by atoms with Crippen molar-refractivity contribution in [3.8, 4) is 11.8 Å². The molecule has 0 atom stereocenters. The van der Waals surface area contributed by atoms with Gasteiger partial charge in [-0.1, -0.05) is 18.2 Å². The van der Waals surface area contributed by atoms with E-state index < -0.39 is 5.82 Å². The maximum Gasteiger partial charge on any atom is 0.322 e. The van der Waals surface area contributed by atoms with E-state index in [1.54, 1.807) is 0 Å². The summed E-state index contributed by atoms with van der Waals surface area (Å²) < 4.78 is 18.6. The van der Waals surface area contributed by atoms with Crippen molar-refractivity contribution in [2.24, 2.45) is 0 Å². The van der Waals surface area contributed by atoms with E-state index in [1.807, 2.05) is 18.2 Å². The molecule has 0 N–H and O–H groups in total. The highest BCUT2D eigenvalue weighted by molar-refractivity contribution is 5.95. The summed E-state index contributed by atoms with van der Waals surface area (Å²) in [7, 11) is 2.15. The summed E-state index contributed by atoms with van der Waals surface area (Å²) in [6.45, 7) is 4.11. The Morgan fingerprint density at radius 2 is 1.76 bits per heavy atom. The Morgan fingerprint density at radius 1 is 1.00 bits per heavy atom. The smallest absolute Gasteiger partial charge is 0.322 e. The maximum absolute atomic E-state index is 12.9.